The summed E-state index contributed by atoms with van der Waals surface area (Å²) in [7, 11) is -4.43. The van der Waals surface area contributed by atoms with Crippen LogP contribution in [-0.2, 0) is 22.6 Å². The van der Waals surface area contributed by atoms with Crippen molar-refractivity contribution in [3.63, 3.8) is 0 Å². The second kappa shape index (κ2) is 7.78. The van der Waals surface area contributed by atoms with E-state index >= 15 is 0 Å². The summed E-state index contributed by atoms with van der Waals surface area (Å²) in [5.74, 6) is -1.34. The number of aromatic nitrogens is 3. The van der Waals surface area contributed by atoms with Crippen LogP contribution in [0.4, 0.5) is 18.9 Å². The summed E-state index contributed by atoms with van der Waals surface area (Å²) in [5.41, 5.74) is -1.41. The van der Waals surface area contributed by atoms with Gasteiger partial charge in [0, 0.05) is 0 Å². The van der Waals surface area contributed by atoms with Gasteiger partial charge in [0.15, 0.2) is 0 Å². The number of nitrogens with zero attached hydrogens (tertiary/aromatic N) is 3. The van der Waals surface area contributed by atoms with E-state index in [1.807, 2.05) is 0 Å². The number of carboxylic acids is 1. The lowest BCUT2D eigenvalue weighted by Gasteiger charge is -2.17. The summed E-state index contributed by atoms with van der Waals surface area (Å²) < 4.78 is 68.8. The van der Waals surface area contributed by atoms with Gasteiger partial charge in [0.1, 0.15) is 12.7 Å². The molecule has 0 spiro atoms. The van der Waals surface area contributed by atoms with Gasteiger partial charge >= 0.3 is 12.1 Å². The maximum atomic E-state index is 13.2. The number of carboxylic acid groups (broad SMARTS) is 1. The number of aryl methyl sites for hydroxylation is 1. The molecule has 30 heavy (non-hydrogen) atoms. The second-order valence-electron chi connectivity index (χ2n) is 6.16. The van der Waals surface area contributed by atoms with E-state index < -0.39 is 33.4 Å². The lowest BCUT2D eigenvalue weighted by atomic mass is 10.1. The van der Waals surface area contributed by atoms with E-state index in [0.717, 1.165) is 29.2 Å². The van der Waals surface area contributed by atoms with Gasteiger partial charge in [-0.1, -0.05) is 13.0 Å². The van der Waals surface area contributed by atoms with Crippen LogP contribution >= 0.6 is 0 Å². The smallest absolute Gasteiger partial charge is 0.416 e. The predicted octanol–water partition coefficient (Wildman–Crippen LogP) is 3.35. The molecule has 0 radical (unpaired) electrons. The van der Waals surface area contributed by atoms with Gasteiger partial charge in [-0.3, -0.25) is 4.72 Å². The minimum Gasteiger partial charge on any atom is -0.478 e. The average Bonchev–Trinajstić information content (AvgIpc) is 3.20. The molecule has 3 rings (SSSR count). The third-order valence-electron chi connectivity index (χ3n) is 4.22. The van der Waals surface area contributed by atoms with Crippen molar-refractivity contribution in [1.82, 2.24) is 14.8 Å². The van der Waals surface area contributed by atoms with E-state index in [1.165, 1.54) is 18.5 Å². The van der Waals surface area contributed by atoms with E-state index in [-0.39, 0.29) is 22.6 Å². The number of hydrogen-bond acceptors (Lipinski definition) is 5. The van der Waals surface area contributed by atoms with Gasteiger partial charge < -0.3 is 5.11 Å². The molecule has 8 nitrogen and oxygen atoms in total. The minimum atomic E-state index is -4.71. The summed E-state index contributed by atoms with van der Waals surface area (Å²) >= 11 is 0. The largest absolute Gasteiger partial charge is 0.478 e. The highest BCUT2D eigenvalue weighted by Crippen LogP contribution is 2.34. The van der Waals surface area contributed by atoms with Gasteiger partial charge in [0.2, 0.25) is 0 Å². The third-order valence-corrected chi connectivity index (χ3v) is 5.67. The van der Waals surface area contributed by atoms with Gasteiger partial charge in [0.25, 0.3) is 10.0 Å². The molecule has 1 aromatic heterocycles. The molecule has 3 aromatic rings. The summed E-state index contributed by atoms with van der Waals surface area (Å²) in [6.45, 7) is 1.67. The molecular formula is C18H15F3N4O4S. The number of benzene rings is 2. The third kappa shape index (κ3) is 4.27. The Kier molecular flexibility index (Phi) is 5.53. The number of alkyl halides is 3. The van der Waals surface area contributed by atoms with Gasteiger partial charge in [-0.05, 0) is 42.3 Å². The highest BCUT2D eigenvalue weighted by Gasteiger charge is 2.32. The molecule has 0 saturated carbocycles. The van der Waals surface area contributed by atoms with Crippen LogP contribution in [0.3, 0.4) is 0 Å². The quantitative estimate of drug-likeness (QED) is 0.608. The first-order chi connectivity index (χ1) is 14.0. The van der Waals surface area contributed by atoms with E-state index in [0.29, 0.717) is 11.6 Å². The molecule has 12 heteroatoms. The Morgan fingerprint density at radius 3 is 2.50 bits per heavy atom. The Balaban J connectivity index is 2.15. The van der Waals surface area contributed by atoms with Crippen LogP contribution in [0.2, 0.25) is 0 Å². The first kappa shape index (κ1) is 21.3. The molecule has 0 fully saturated rings. The molecule has 2 aromatic carbocycles. The first-order valence-electron chi connectivity index (χ1n) is 8.48. The Morgan fingerprint density at radius 1 is 1.20 bits per heavy atom. The second-order valence-corrected chi connectivity index (χ2v) is 7.81. The van der Waals surface area contributed by atoms with Crippen molar-refractivity contribution in [1.29, 1.82) is 0 Å². The summed E-state index contributed by atoms with van der Waals surface area (Å²) in [6.07, 6.45) is -2.11. The normalized spacial score (nSPS) is 12.0. The lowest BCUT2D eigenvalue weighted by molar-refractivity contribution is -0.137. The van der Waals surface area contributed by atoms with Crippen LogP contribution in [0.5, 0.6) is 0 Å². The van der Waals surface area contributed by atoms with Crippen LogP contribution in [0.25, 0.3) is 5.69 Å². The van der Waals surface area contributed by atoms with Crippen molar-refractivity contribution in [3.8, 4) is 5.69 Å². The Labute approximate surface area is 169 Å². The number of anilines is 1. The lowest BCUT2D eigenvalue weighted by Crippen LogP contribution is -2.18. The molecule has 0 saturated heterocycles. The molecule has 0 amide bonds. The van der Waals surface area contributed by atoms with Crippen LogP contribution < -0.4 is 4.72 Å². The van der Waals surface area contributed by atoms with E-state index in [2.05, 4.69) is 14.8 Å². The Hall–Kier alpha value is -3.41. The fraction of sp³-hybridized carbons (Fsp3) is 0.167. The predicted molar refractivity (Wildman–Crippen MR) is 99.9 cm³/mol. The minimum absolute atomic E-state index is 0.0107. The number of aromatic carboxylic acids is 1. The number of rotatable bonds is 6. The van der Waals surface area contributed by atoms with Crippen molar-refractivity contribution in [2.24, 2.45) is 0 Å². The zero-order valence-electron chi connectivity index (χ0n) is 15.4. The number of carbonyl (C=O) groups is 1. The molecule has 0 unspecified atom stereocenters. The van der Waals surface area contributed by atoms with Crippen molar-refractivity contribution in [3.05, 3.63) is 65.7 Å². The van der Waals surface area contributed by atoms with Crippen molar-refractivity contribution >= 4 is 21.7 Å². The molecule has 0 aliphatic carbocycles. The fourth-order valence-electron chi connectivity index (χ4n) is 2.76. The molecule has 158 valence electrons. The molecule has 1 heterocycles. The highest BCUT2D eigenvalue weighted by molar-refractivity contribution is 7.92. The Morgan fingerprint density at radius 2 is 1.93 bits per heavy atom. The van der Waals surface area contributed by atoms with E-state index in [9.17, 15) is 26.4 Å². The molecule has 0 bridgehead atoms. The Bertz CT molecular complexity index is 1190. The molecule has 2 N–H and O–H groups in total. The maximum absolute atomic E-state index is 13.2. The SMILES string of the molecule is CCc1ccc(C(=O)O)cc1S(=O)(=O)Nc1cc(C(F)(F)F)ccc1-n1cncn1. The van der Waals surface area contributed by atoms with Crippen LogP contribution in [0.15, 0.2) is 53.9 Å². The molecule has 0 atom stereocenters. The fourth-order valence-corrected chi connectivity index (χ4v) is 4.16. The summed E-state index contributed by atoms with van der Waals surface area (Å²) in [5, 5.41) is 13.0. The number of nitrogens with one attached hydrogen (secondary N) is 1. The van der Waals surface area contributed by atoms with Gasteiger partial charge in [-0.15, -0.1) is 0 Å². The summed E-state index contributed by atoms with van der Waals surface area (Å²) in [4.78, 5) is 14.6. The highest BCUT2D eigenvalue weighted by atomic mass is 32.2. The average molecular weight is 440 g/mol. The van der Waals surface area contributed by atoms with Crippen molar-refractivity contribution in [2.75, 3.05) is 4.72 Å². The van der Waals surface area contributed by atoms with E-state index in [4.69, 9.17) is 5.11 Å². The van der Waals surface area contributed by atoms with Crippen LogP contribution in [0, 0.1) is 0 Å². The van der Waals surface area contributed by atoms with Gasteiger partial charge in [-0.25, -0.2) is 22.9 Å². The number of halogens is 3. The summed E-state index contributed by atoms with van der Waals surface area (Å²) in [6, 6.07) is 6.06. The van der Waals surface area contributed by atoms with Gasteiger partial charge in [-0.2, -0.15) is 18.3 Å². The van der Waals surface area contributed by atoms with E-state index in [1.54, 1.807) is 6.92 Å². The monoisotopic (exact) mass is 440 g/mol. The number of hydrogen-bond donors (Lipinski definition) is 2. The zero-order valence-corrected chi connectivity index (χ0v) is 16.2. The van der Waals surface area contributed by atoms with Crippen LogP contribution in [0.1, 0.15) is 28.4 Å². The van der Waals surface area contributed by atoms with Crippen LogP contribution in [-0.4, -0.2) is 34.3 Å². The van der Waals surface area contributed by atoms with Crippen molar-refractivity contribution < 1.29 is 31.5 Å². The standard InChI is InChI=1S/C18H15F3N4O4S/c1-2-11-3-4-12(17(26)27)7-16(11)30(28,29)24-14-8-13(18(19,20)21)5-6-15(14)25-10-22-9-23-25/h3-10,24H,2H2,1H3,(H,26,27). The molecule has 0 aliphatic rings. The van der Waals surface area contributed by atoms with Crippen molar-refractivity contribution in [2.45, 2.75) is 24.4 Å². The topological polar surface area (TPSA) is 114 Å². The molecule has 0 aliphatic heterocycles. The first-order valence-corrected chi connectivity index (χ1v) is 9.96. The maximum Gasteiger partial charge on any atom is 0.416 e. The van der Waals surface area contributed by atoms with Gasteiger partial charge in [0.05, 0.1) is 27.4 Å². The zero-order chi connectivity index (χ0) is 22.1. The molecular weight excluding hydrogens is 425 g/mol. The number of sulfonamides is 1.